The molecular weight excluding hydrogens is 280 g/mol. The van der Waals surface area contributed by atoms with Crippen molar-refractivity contribution >= 4 is 21.7 Å². The van der Waals surface area contributed by atoms with Crippen LogP contribution in [-0.4, -0.2) is 15.0 Å². The largest absolute Gasteiger partial charge is 0.383 e. The number of hydrogen-bond acceptors (Lipinski definition) is 4. The minimum Gasteiger partial charge on any atom is -0.383 e. The summed E-state index contributed by atoms with van der Waals surface area (Å²) in [5.41, 5.74) is 7.89. The van der Waals surface area contributed by atoms with Gasteiger partial charge in [-0.05, 0) is 40.9 Å². The quantitative estimate of drug-likeness (QED) is 0.924. The fraction of sp³-hybridized carbons (Fsp3) is 0.250. The van der Waals surface area contributed by atoms with Gasteiger partial charge in [0.15, 0.2) is 5.82 Å². The Morgan fingerprint density at radius 3 is 2.53 bits per heavy atom. The lowest BCUT2D eigenvalue weighted by atomic mass is 10.2. The first-order valence-corrected chi connectivity index (χ1v) is 6.28. The molecule has 0 bridgehead atoms. The van der Waals surface area contributed by atoms with E-state index in [0.29, 0.717) is 17.6 Å². The maximum absolute atomic E-state index is 5.91. The smallest absolute Gasteiger partial charge is 0.161 e. The summed E-state index contributed by atoms with van der Waals surface area (Å²) < 4.78 is 0.845. The lowest BCUT2D eigenvalue weighted by Crippen LogP contribution is -2.02. The van der Waals surface area contributed by atoms with E-state index in [1.54, 1.807) is 12.4 Å². The van der Waals surface area contributed by atoms with Crippen molar-refractivity contribution in [3.8, 4) is 11.4 Å². The fourth-order valence-electron chi connectivity index (χ4n) is 1.74. The van der Waals surface area contributed by atoms with Gasteiger partial charge in [0, 0.05) is 23.9 Å². The zero-order valence-electron chi connectivity index (χ0n) is 9.10. The van der Waals surface area contributed by atoms with Crippen LogP contribution in [0.1, 0.15) is 24.5 Å². The monoisotopic (exact) mass is 290 g/mol. The topological polar surface area (TPSA) is 64.7 Å². The summed E-state index contributed by atoms with van der Waals surface area (Å²) in [5, 5.41) is 0. The van der Waals surface area contributed by atoms with E-state index in [-0.39, 0.29) is 0 Å². The second-order valence-electron chi connectivity index (χ2n) is 4.14. The normalized spacial score (nSPS) is 14.9. The molecule has 0 saturated heterocycles. The van der Waals surface area contributed by atoms with Gasteiger partial charge >= 0.3 is 0 Å². The lowest BCUT2D eigenvalue weighted by molar-refractivity contribution is 0.984. The highest BCUT2D eigenvalue weighted by atomic mass is 79.9. The molecule has 0 aromatic carbocycles. The number of nitrogens with zero attached hydrogens (tertiary/aromatic N) is 3. The summed E-state index contributed by atoms with van der Waals surface area (Å²) in [5.74, 6) is 1.72. The van der Waals surface area contributed by atoms with Crippen molar-refractivity contribution in [2.24, 2.45) is 0 Å². The number of anilines is 1. The van der Waals surface area contributed by atoms with Gasteiger partial charge in [0.25, 0.3) is 0 Å². The maximum Gasteiger partial charge on any atom is 0.161 e. The van der Waals surface area contributed by atoms with Crippen molar-refractivity contribution in [3.05, 3.63) is 34.7 Å². The Balaban J connectivity index is 2.12. The summed E-state index contributed by atoms with van der Waals surface area (Å²) in [4.78, 5) is 12.9. The molecule has 0 unspecified atom stereocenters. The van der Waals surface area contributed by atoms with Crippen LogP contribution < -0.4 is 5.73 Å². The number of aromatic nitrogens is 3. The number of nitrogen functional groups attached to an aromatic ring is 1. The predicted octanol–water partition coefficient (Wildman–Crippen LogP) is 2.76. The van der Waals surface area contributed by atoms with Gasteiger partial charge in [0.05, 0.1) is 10.2 Å². The van der Waals surface area contributed by atoms with E-state index in [9.17, 15) is 0 Å². The molecule has 1 fully saturated rings. The van der Waals surface area contributed by atoms with Crippen molar-refractivity contribution < 1.29 is 0 Å². The van der Waals surface area contributed by atoms with Gasteiger partial charge in [-0.3, -0.25) is 4.98 Å². The fourth-order valence-corrected chi connectivity index (χ4v) is 2.24. The summed E-state index contributed by atoms with van der Waals surface area (Å²) in [6, 6.07) is 3.78. The minimum atomic E-state index is 0.508. The molecule has 2 aromatic heterocycles. The van der Waals surface area contributed by atoms with Crippen molar-refractivity contribution in [2.75, 3.05) is 5.73 Å². The van der Waals surface area contributed by atoms with Gasteiger partial charge in [-0.25, -0.2) is 9.97 Å². The van der Waals surface area contributed by atoms with E-state index in [4.69, 9.17) is 5.73 Å². The van der Waals surface area contributed by atoms with Crippen LogP contribution in [0.15, 0.2) is 29.0 Å². The predicted molar refractivity (Wildman–Crippen MR) is 69.4 cm³/mol. The Morgan fingerprint density at radius 1 is 1.18 bits per heavy atom. The Bertz CT molecular complexity index is 552. The number of rotatable bonds is 2. The number of nitrogens with two attached hydrogens (primary N) is 1. The number of pyridine rings is 1. The molecular formula is C12H11BrN4. The first kappa shape index (κ1) is 10.7. The Kier molecular flexibility index (Phi) is 2.55. The third kappa shape index (κ3) is 2.02. The molecule has 0 spiro atoms. The van der Waals surface area contributed by atoms with E-state index in [1.807, 2.05) is 12.1 Å². The summed E-state index contributed by atoms with van der Waals surface area (Å²) >= 11 is 3.47. The van der Waals surface area contributed by atoms with Crippen molar-refractivity contribution in [2.45, 2.75) is 18.8 Å². The Labute approximate surface area is 107 Å². The molecule has 86 valence electrons. The van der Waals surface area contributed by atoms with Crippen LogP contribution in [0.3, 0.4) is 0 Å². The van der Waals surface area contributed by atoms with E-state index < -0.39 is 0 Å². The van der Waals surface area contributed by atoms with Crippen LogP contribution in [0, 0.1) is 0 Å². The van der Waals surface area contributed by atoms with E-state index in [0.717, 1.165) is 15.7 Å². The molecule has 2 aromatic rings. The number of halogens is 1. The van der Waals surface area contributed by atoms with Gasteiger partial charge < -0.3 is 5.73 Å². The molecule has 0 aliphatic heterocycles. The van der Waals surface area contributed by atoms with Crippen LogP contribution in [0.2, 0.25) is 0 Å². The van der Waals surface area contributed by atoms with Crippen LogP contribution in [0.25, 0.3) is 11.4 Å². The first-order chi connectivity index (χ1) is 8.25. The van der Waals surface area contributed by atoms with Gasteiger partial charge in [-0.15, -0.1) is 0 Å². The third-order valence-corrected chi connectivity index (χ3v) is 3.62. The zero-order valence-corrected chi connectivity index (χ0v) is 10.7. The lowest BCUT2D eigenvalue weighted by Gasteiger charge is -2.07. The Morgan fingerprint density at radius 2 is 1.88 bits per heavy atom. The van der Waals surface area contributed by atoms with Crippen LogP contribution in [0.5, 0.6) is 0 Å². The Hall–Kier alpha value is -1.49. The van der Waals surface area contributed by atoms with Crippen LogP contribution in [0.4, 0.5) is 5.82 Å². The summed E-state index contributed by atoms with van der Waals surface area (Å²) in [6.07, 6.45) is 5.83. The molecule has 1 aliphatic carbocycles. The molecule has 2 heterocycles. The highest BCUT2D eigenvalue weighted by Crippen LogP contribution is 2.43. The molecule has 1 aliphatic rings. The highest BCUT2D eigenvalue weighted by molar-refractivity contribution is 9.10. The van der Waals surface area contributed by atoms with E-state index >= 15 is 0 Å². The highest BCUT2D eigenvalue weighted by Gasteiger charge is 2.29. The molecule has 5 heteroatoms. The summed E-state index contributed by atoms with van der Waals surface area (Å²) in [7, 11) is 0. The van der Waals surface area contributed by atoms with Gasteiger partial charge in [0.2, 0.25) is 0 Å². The molecule has 0 radical (unpaired) electrons. The third-order valence-electron chi connectivity index (χ3n) is 2.81. The SMILES string of the molecule is Nc1nc(-c2ccncc2)nc(C2CC2)c1Br. The van der Waals surface area contributed by atoms with Crippen molar-refractivity contribution in [1.29, 1.82) is 0 Å². The average molecular weight is 291 g/mol. The van der Waals surface area contributed by atoms with Gasteiger partial charge in [0.1, 0.15) is 5.82 Å². The molecule has 0 atom stereocenters. The van der Waals surface area contributed by atoms with E-state index in [1.165, 1.54) is 12.8 Å². The molecule has 4 nitrogen and oxygen atoms in total. The molecule has 17 heavy (non-hydrogen) atoms. The van der Waals surface area contributed by atoms with Gasteiger partial charge in [-0.2, -0.15) is 0 Å². The molecule has 1 saturated carbocycles. The van der Waals surface area contributed by atoms with Crippen molar-refractivity contribution in [3.63, 3.8) is 0 Å². The first-order valence-electron chi connectivity index (χ1n) is 5.49. The number of hydrogen-bond donors (Lipinski definition) is 1. The second-order valence-corrected chi connectivity index (χ2v) is 4.93. The average Bonchev–Trinajstić information content (AvgIpc) is 3.18. The van der Waals surface area contributed by atoms with Gasteiger partial charge in [-0.1, -0.05) is 0 Å². The zero-order chi connectivity index (χ0) is 11.8. The minimum absolute atomic E-state index is 0.508. The second kappa shape index (κ2) is 4.07. The maximum atomic E-state index is 5.91. The molecule has 3 rings (SSSR count). The van der Waals surface area contributed by atoms with Crippen LogP contribution >= 0.6 is 15.9 Å². The van der Waals surface area contributed by atoms with Crippen molar-refractivity contribution in [1.82, 2.24) is 15.0 Å². The van der Waals surface area contributed by atoms with E-state index in [2.05, 4.69) is 30.9 Å². The molecule has 2 N–H and O–H groups in total. The summed E-state index contributed by atoms with van der Waals surface area (Å²) in [6.45, 7) is 0. The standard InChI is InChI=1S/C12H11BrN4/c13-9-10(7-1-2-7)16-12(17-11(9)14)8-3-5-15-6-4-8/h3-7H,1-2H2,(H2,14,16,17). The molecule has 0 amide bonds. The van der Waals surface area contributed by atoms with Crippen LogP contribution in [-0.2, 0) is 0 Å².